The quantitative estimate of drug-likeness (QED) is 0.805. The minimum Gasteiger partial charge on any atom is -0.340 e. The van der Waals surface area contributed by atoms with Gasteiger partial charge in [-0.25, -0.2) is 0 Å². The van der Waals surface area contributed by atoms with Crippen molar-refractivity contribution >= 4 is 24.2 Å². The molecule has 1 aromatic carbocycles. The first-order valence-electron chi connectivity index (χ1n) is 9.50. The molecule has 6 heteroatoms. The highest BCUT2D eigenvalue weighted by molar-refractivity contribution is 5.97. The van der Waals surface area contributed by atoms with Gasteiger partial charge in [0, 0.05) is 25.2 Å². The van der Waals surface area contributed by atoms with Gasteiger partial charge in [0.05, 0.1) is 0 Å². The average Bonchev–Trinajstić information content (AvgIpc) is 3.11. The van der Waals surface area contributed by atoms with Crippen LogP contribution in [0.5, 0.6) is 0 Å². The standard InChI is InChI=1S/C21H33N3O2.ClH/c1-14(2)18(20(26)24(6)17-11-12-22-13-17)23-19(25)15-7-9-16(10-8-15)21(3,4)5;/h7-10,14,17-18,22H,11-13H2,1-6H3,(H,23,25);1H. The molecule has 2 atom stereocenters. The van der Waals surface area contributed by atoms with Crippen molar-refractivity contribution in [1.82, 2.24) is 15.5 Å². The summed E-state index contributed by atoms with van der Waals surface area (Å²) in [5.74, 6) is -0.194. The fourth-order valence-corrected chi connectivity index (χ4v) is 3.23. The molecule has 0 radical (unpaired) electrons. The summed E-state index contributed by atoms with van der Waals surface area (Å²) < 4.78 is 0. The number of nitrogens with one attached hydrogen (secondary N) is 2. The highest BCUT2D eigenvalue weighted by atomic mass is 35.5. The lowest BCUT2D eigenvalue weighted by Crippen LogP contribution is -2.53. The molecule has 1 aliphatic rings. The number of carbonyl (C=O) groups is 2. The van der Waals surface area contributed by atoms with Crippen LogP contribution in [-0.4, -0.2) is 48.9 Å². The average molecular weight is 396 g/mol. The Bertz CT molecular complexity index is 632. The first-order chi connectivity index (χ1) is 12.1. The molecule has 1 heterocycles. The molecule has 2 amide bonds. The van der Waals surface area contributed by atoms with Crippen LogP contribution in [0.3, 0.4) is 0 Å². The summed E-state index contributed by atoms with van der Waals surface area (Å²) >= 11 is 0. The molecule has 2 N–H and O–H groups in total. The van der Waals surface area contributed by atoms with E-state index in [1.165, 1.54) is 5.56 Å². The SMILES string of the molecule is CC(C)C(NC(=O)c1ccc(C(C)(C)C)cc1)C(=O)N(C)C1CCNC1.Cl. The summed E-state index contributed by atoms with van der Waals surface area (Å²) in [6.45, 7) is 12.1. The van der Waals surface area contributed by atoms with E-state index in [0.717, 1.165) is 19.5 Å². The predicted molar refractivity (Wildman–Crippen MR) is 113 cm³/mol. The minimum absolute atomic E-state index is 0. The van der Waals surface area contributed by atoms with Gasteiger partial charge < -0.3 is 15.5 Å². The maximum atomic E-state index is 12.9. The molecule has 0 aromatic heterocycles. The number of hydrogen-bond acceptors (Lipinski definition) is 3. The molecule has 27 heavy (non-hydrogen) atoms. The summed E-state index contributed by atoms with van der Waals surface area (Å²) in [4.78, 5) is 27.4. The van der Waals surface area contributed by atoms with Crippen LogP contribution < -0.4 is 10.6 Å². The molecule has 0 saturated carbocycles. The second-order valence-electron chi connectivity index (χ2n) is 8.62. The fraction of sp³-hybridized carbons (Fsp3) is 0.619. The molecule has 0 aliphatic carbocycles. The molecule has 0 bridgehead atoms. The molecule has 152 valence electrons. The summed E-state index contributed by atoms with van der Waals surface area (Å²) in [6.07, 6.45) is 0.954. The Morgan fingerprint density at radius 3 is 2.22 bits per heavy atom. The maximum absolute atomic E-state index is 12.9. The van der Waals surface area contributed by atoms with Crippen molar-refractivity contribution in [3.8, 4) is 0 Å². The third kappa shape index (κ3) is 5.94. The van der Waals surface area contributed by atoms with E-state index in [0.29, 0.717) is 5.56 Å². The zero-order valence-corrected chi connectivity index (χ0v) is 18.2. The number of likely N-dealkylation sites (N-methyl/N-ethyl adjacent to an activating group) is 1. The number of halogens is 1. The Balaban J connectivity index is 0.00000364. The van der Waals surface area contributed by atoms with Gasteiger partial charge in [0.25, 0.3) is 5.91 Å². The Labute approximate surface area is 169 Å². The monoisotopic (exact) mass is 395 g/mol. The van der Waals surface area contributed by atoms with Gasteiger partial charge in [0.2, 0.25) is 5.91 Å². The number of hydrogen-bond donors (Lipinski definition) is 2. The summed E-state index contributed by atoms with van der Waals surface area (Å²) in [5, 5.41) is 6.22. The van der Waals surface area contributed by atoms with E-state index in [4.69, 9.17) is 0 Å². The van der Waals surface area contributed by atoms with Crippen LogP contribution in [0.2, 0.25) is 0 Å². The van der Waals surface area contributed by atoms with Crippen LogP contribution in [0.25, 0.3) is 0 Å². The molecule has 1 saturated heterocycles. The first kappa shape index (κ1) is 23.4. The summed E-state index contributed by atoms with van der Waals surface area (Å²) in [5.41, 5.74) is 1.81. The van der Waals surface area contributed by atoms with Crippen molar-refractivity contribution in [3.63, 3.8) is 0 Å². The van der Waals surface area contributed by atoms with Crippen molar-refractivity contribution in [3.05, 3.63) is 35.4 Å². The van der Waals surface area contributed by atoms with Crippen LogP contribution >= 0.6 is 12.4 Å². The van der Waals surface area contributed by atoms with Gasteiger partial charge in [-0.2, -0.15) is 0 Å². The van der Waals surface area contributed by atoms with Gasteiger partial charge in [0.1, 0.15) is 6.04 Å². The lowest BCUT2D eigenvalue weighted by molar-refractivity contribution is -0.134. The van der Waals surface area contributed by atoms with Crippen LogP contribution in [0, 0.1) is 5.92 Å². The Morgan fingerprint density at radius 1 is 1.19 bits per heavy atom. The van der Waals surface area contributed by atoms with Gasteiger partial charge in [-0.05, 0) is 42.0 Å². The number of nitrogens with zero attached hydrogens (tertiary/aromatic N) is 1. The van der Waals surface area contributed by atoms with Crippen molar-refractivity contribution in [1.29, 1.82) is 0 Å². The summed E-state index contributed by atoms with van der Waals surface area (Å²) in [7, 11) is 1.83. The van der Waals surface area contributed by atoms with Crippen molar-refractivity contribution in [2.24, 2.45) is 5.92 Å². The molecular formula is C21H34ClN3O2. The van der Waals surface area contributed by atoms with Crippen LogP contribution in [0.4, 0.5) is 0 Å². The van der Waals surface area contributed by atoms with Crippen molar-refractivity contribution in [2.75, 3.05) is 20.1 Å². The van der Waals surface area contributed by atoms with Gasteiger partial charge in [0.15, 0.2) is 0 Å². The van der Waals surface area contributed by atoms with Crippen molar-refractivity contribution in [2.45, 2.75) is 58.5 Å². The van der Waals surface area contributed by atoms with E-state index in [-0.39, 0.29) is 41.6 Å². The van der Waals surface area contributed by atoms with Crippen LogP contribution in [-0.2, 0) is 10.2 Å². The Kier molecular flexibility index (Phi) is 8.30. The van der Waals surface area contributed by atoms with E-state index >= 15 is 0 Å². The smallest absolute Gasteiger partial charge is 0.251 e. The molecule has 2 unspecified atom stereocenters. The normalized spacial score (nSPS) is 18.0. The minimum atomic E-state index is -0.518. The number of rotatable bonds is 5. The number of amides is 2. The second kappa shape index (κ2) is 9.56. The van der Waals surface area contributed by atoms with E-state index in [1.807, 2.05) is 45.2 Å². The van der Waals surface area contributed by atoms with E-state index in [1.54, 1.807) is 4.90 Å². The molecule has 2 rings (SSSR count). The molecule has 1 aromatic rings. The zero-order valence-electron chi connectivity index (χ0n) is 17.3. The Morgan fingerprint density at radius 2 is 1.78 bits per heavy atom. The van der Waals surface area contributed by atoms with Gasteiger partial charge in [-0.3, -0.25) is 9.59 Å². The van der Waals surface area contributed by atoms with E-state index in [2.05, 4.69) is 31.4 Å². The number of carbonyl (C=O) groups excluding carboxylic acids is 2. The molecule has 1 aliphatic heterocycles. The Hall–Kier alpha value is -1.59. The first-order valence-corrected chi connectivity index (χ1v) is 9.50. The highest BCUT2D eigenvalue weighted by Crippen LogP contribution is 2.22. The molecular weight excluding hydrogens is 362 g/mol. The van der Waals surface area contributed by atoms with Gasteiger partial charge in [-0.15, -0.1) is 12.4 Å². The van der Waals surface area contributed by atoms with Gasteiger partial charge in [-0.1, -0.05) is 46.8 Å². The molecule has 1 fully saturated rings. The zero-order chi connectivity index (χ0) is 19.5. The van der Waals surface area contributed by atoms with Crippen LogP contribution in [0.15, 0.2) is 24.3 Å². The van der Waals surface area contributed by atoms with E-state index < -0.39 is 6.04 Å². The van der Waals surface area contributed by atoms with Crippen molar-refractivity contribution < 1.29 is 9.59 Å². The lowest BCUT2D eigenvalue weighted by atomic mass is 9.86. The third-order valence-electron chi connectivity index (χ3n) is 5.16. The maximum Gasteiger partial charge on any atom is 0.251 e. The van der Waals surface area contributed by atoms with E-state index in [9.17, 15) is 9.59 Å². The molecule has 0 spiro atoms. The predicted octanol–water partition coefficient (Wildman–Crippen LogP) is 2.98. The largest absolute Gasteiger partial charge is 0.340 e. The molecule has 5 nitrogen and oxygen atoms in total. The topological polar surface area (TPSA) is 61.4 Å². The third-order valence-corrected chi connectivity index (χ3v) is 5.16. The summed E-state index contributed by atoms with van der Waals surface area (Å²) in [6, 6.07) is 7.32. The highest BCUT2D eigenvalue weighted by Gasteiger charge is 2.31. The van der Waals surface area contributed by atoms with Crippen LogP contribution in [0.1, 0.15) is 57.0 Å². The fourth-order valence-electron chi connectivity index (χ4n) is 3.23. The lowest BCUT2D eigenvalue weighted by Gasteiger charge is -2.30. The van der Waals surface area contributed by atoms with Gasteiger partial charge >= 0.3 is 0 Å². The number of benzene rings is 1. The second-order valence-corrected chi connectivity index (χ2v) is 8.62.